The number of nitrogens with zero attached hydrogens (tertiary/aromatic N) is 1. The Kier molecular flexibility index (Phi) is 4.56. The van der Waals surface area contributed by atoms with Gasteiger partial charge in [-0.05, 0) is 38.3 Å². The van der Waals surface area contributed by atoms with Crippen molar-refractivity contribution in [2.75, 3.05) is 6.54 Å². The number of aliphatic carboxylic acids is 1. The van der Waals surface area contributed by atoms with Crippen LogP contribution in [-0.2, 0) is 4.79 Å². The van der Waals surface area contributed by atoms with Crippen LogP contribution in [0.15, 0.2) is 30.3 Å². The lowest BCUT2D eigenvalue weighted by atomic mass is 10.00. The molecule has 3 atom stereocenters. The molecule has 0 aromatic heterocycles. The van der Waals surface area contributed by atoms with Crippen molar-refractivity contribution in [1.82, 2.24) is 4.90 Å². The van der Waals surface area contributed by atoms with Crippen molar-refractivity contribution in [1.29, 1.82) is 0 Å². The van der Waals surface area contributed by atoms with Crippen LogP contribution in [0.1, 0.15) is 37.9 Å². The van der Waals surface area contributed by atoms with Crippen LogP contribution < -0.4 is 0 Å². The van der Waals surface area contributed by atoms with Gasteiger partial charge in [0.25, 0.3) is 0 Å². The number of carbonyl (C=O) groups is 1. The summed E-state index contributed by atoms with van der Waals surface area (Å²) < 4.78 is 0. The highest BCUT2D eigenvalue weighted by atomic mass is 16.4. The zero-order valence-electron chi connectivity index (χ0n) is 11.2. The summed E-state index contributed by atoms with van der Waals surface area (Å²) in [7, 11) is 0. The summed E-state index contributed by atoms with van der Waals surface area (Å²) in [6.45, 7) is 2.52. The highest BCUT2D eigenvalue weighted by Gasteiger charge is 2.33. The second-order valence-electron chi connectivity index (χ2n) is 5.21. The van der Waals surface area contributed by atoms with E-state index in [-0.39, 0.29) is 6.04 Å². The molecule has 0 unspecified atom stereocenters. The van der Waals surface area contributed by atoms with Crippen molar-refractivity contribution in [2.45, 2.75) is 44.4 Å². The van der Waals surface area contributed by atoms with Gasteiger partial charge in [-0.2, -0.15) is 0 Å². The normalized spacial score (nSPS) is 23.2. The van der Waals surface area contributed by atoms with Crippen LogP contribution in [0.25, 0.3) is 0 Å². The predicted octanol–water partition coefficient (Wildman–Crippen LogP) is 2.05. The molecule has 0 radical (unpaired) electrons. The molecule has 2 rings (SSSR count). The fraction of sp³-hybridized carbons (Fsp3) is 0.533. The van der Waals surface area contributed by atoms with E-state index in [1.165, 1.54) is 0 Å². The third-order valence-electron chi connectivity index (χ3n) is 3.96. The maximum Gasteiger partial charge on any atom is 0.320 e. The topological polar surface area (TPSA) is 60.8 Å². The van der Waals surface area contributed by atoms with Gasteiger partial charge in [0.1, 0.15) is 6.04 Å². The van der Waals surface area contributed by atoms with Gasteiger partial charge in [0.15, 0.2) is 0 Å². The van der Waals surface area contributed by atoms with Crippen LogP contribution in [0, 0.1) is 0 Å². The van der Waals surface area contributed by atoms with Crippen LogP contribution in [0.2, 0.25) is 0 Å². The van der Waals surface area contributed by atoms with Gasteiger partial charge in [0, 0.05) is 6.04 Å². The van der Waals surface area contributed by atoms with Crippen molar-refractivity contribution < 1.29 is 15.0 Å². The monoisotopic (exact) mass is 263 g/mol. The highest BCUT2D eigenvalue weighted by molar-refractivity contribution is 5.73. The van der Waals surface area contributed by atoms with E-state index >= 15 is 0 Å². The van der Waals surface area contributed by atoms with Crippen LogP contribution in [-0.4, -0.2) is 39.7 Å². The molecule has 4 nitrogen and oxygen atoms in total. The summed E-state index contributed by atoms with van der Waals surface area (Å²) in [4.78, 5) is 13.1. The maximum absolute atomic E-state index is 11.1. The Morgan fingerprint density at radius 2 is 2.11 bits per heavy atom. The van der Waals surface area contributed by atoms with Gasteiger partial charge < -0.3 is 10.2 Å². The van der Waals surface area contributed by atoms with Crippen molar-refractivity contribution >= 4 is 5.97 Å². The number of carboxylic acids is 1. The van der Waals surface area contributed by atoms with E-state index in [0.717, 1.165) is 24.9 Å². The van der Waals surface area contributed by atoms with Gasteiger partial charge in [-0.3, -0.25) is 9.69 Å². The first-order valence-corrected chi connectivity index (χ1v) is 6.81. The molecular weight excluding hydrogens is 242 g/mol. The molecule has 0 bridgehead atoms. The van der Waals surface area contributed by atoms with Gasteiger partial charge in [-0.25, -0.2) is 0 Å². The first kappa shape index (κ1) is 14.0. The Morgan fingerprint density at radius 1 is 1.42 bits per heavy atom. The highest BCUT2D eigenvalue weighted by Crippen LogP contribution is 2.28. The molecule has 2 N–H and O–H groups in total. The van der Waals surface area contributed by atoms with Crippen molar-refractivity contribution in [3.63, 3.8) is 0 Å². The molecule has 4 heteroatoms. The van der Waals surface area contributed by atoms with Gasteiger partial charge in [-0.15, -0.1) is 0 Å². The first-order valence-electron chi connectivity index (χ1n) is 6.81. The Balaban J connectivity index is 2.00. The quantitative estimate of drug-likeness (QED) is 0.853. The number of carboxylic acid groups (broad SMARTS) is 1. The van der Waals surface area contributed by atoms with Crippen molar-refractivity contribution in [2.24, 2.45) is 0 Å². The van der Waals surface area contributed by atoms with Crippen LogP contribution in [0.4, 0.5) is 0 Å². The molecule has 0 spiro atoms. The minimum atomic E-state index is -0.791. The molecular formula is C15H21NO3. The second kappa shape index (κ2) is 6.17. The lowest BCUT2D eigenvalue weighted by Crippen LogP contribution is -2.42. The average Bonchev–Trinajstić information content (AvgIpc) is 2.86. The van der Waals surface area contributed by atoms with Gasteiger partial charge in [0.05, 0.1) is 6.10 Å². The van der Waals surface area contributed by atoms with Gasteiger partial charge in [-0.1, -0.05) is 30.3 Å². The summed E-state index contributed by atoms with van der Waals surface area (Å²) in [5.74, 6) is -0.791. The van der Waals surface area contributed by atoms with E-state index in [4.69, 9.17) is 5.11 Å². The number of aliphatic hydroxyl groups excluding tert-OH is 1. The Morgan fingerprint density at radius 3 is 2.74 bits per heavy atom. The Bertz CT molecular complexity index is 421. The Hall–Kier alpha value is -1.39. The molecule has 1 aromatic carbocycles. The van der Waals surface area contributed by atoms with E-state index in [1.807, 2.05) is 35.2 Å². The number of benzene rings is 1. The minimum Gasteiger partial charge on any atom is -0.480 e. The zero-order chi connectivity index (χ0) is 13.8. The lowest BCUT2D eigenvalue weighted by molar-refractivity contribution is -0.143. The number of aliphatic hydroxyl groups is 1. The second-order valence-corrected chi connectivity index (χ2v) is 5.21. The van der Waals surface area contributed by atoms with E-state index in [1.54, 1.807) is 6.92 Å². The number of rotatable bonds is 5. The molecule has 104 valence electrons. The van der Waals surface area contributed by atoms with Crippen LogP contribution >= 0.6 is 0 Å². The molecule has 1 heterocycles. The van der Waals surface area contributed by atoms with Gasteiger partial charge >= 0.3 is 5.97 Å². The van der Waals surface area contributed by atoms with Crippen molar-refractivity contribution in [3.05, 3.63) is 35.9 Å². The number of likely N-dealkylation sites (tertiary alicyclic amines) is 1. The van der Waals surface area contributed by atoms with E-state index in [9.17, 15) is 9.90 Å². The van der Waals surface area contributed by atoms with Gasteiger partial charge in [0.2, 0.25) is 0 Å². The standard InChI is InChI=1S/C15H21NO3/c1-11(15(18)19)16-9-5-8-13(16)10-14(17)12-6-3-2-4-7-12/h2-4,6-7,11,13-14,17H,5,8-10H2,1H3,(H,18,19)/t11-,13+,14+/m1/s1. The largest absolute Gasteiger partial charge is 0.480 e. The maximum atomic E-state index is 11.1. The molecule has 1 fully saturated rings. The smallest absolute Gasteiger partial charge is 0.320 e. The fourth-order valence-corrected chi connectivity index (χ4v) is 2.83. The third-order valence-corrected chi connectivity index (χ3v) is 3.96. The van der Waals surface area contributed by atoms with E-state index in [0.29, 0.717) is 6.42 Å². The molecule has 0 aliphatic carbocycles. The first-order chi connectivity index (χ1) is 9.09. The van der Waals surface area contributed by atoms with Crippen LogP contribution in [0.5, 0.6) is 0 Å². The van der Waals surface area contributed by atoms with Crippen molar-refractivity contribution in [3.8, 4) is 0 Å². The molecule has 0 saturated carbocycles. The van der Waals surface area contributed by atoms with Crippen LogP contribution in [0.3, 0.4) is 0 Å². The molecule has 1 aliphatic rings. The summed E-state index contributed by atoms with van der Waals surface area (Å²) in [6.07, 6.45) is 2.04. The predicted molar refractivity (Wildman–Crippen MR) is 72.8 cm³/mol. The number of hydrogen-bond acceptors (Lipinski definition) is 3. The summed E-state index contributed by atoms with van der Waals surface area (Å²) >= 11 is 0. The lowest BCUT2D eigenvalue weighted by Gasteiger charge is -2.29. The average molecular weight is 263 g/mol. The minimum absolute atomic E-state index is 0.154. The molecule has 1 saturated heterocycles. The number of hydrogen-bond donors (Lipinski definition) is 2. The van der Waals surface area contributed by atoms with E-state index < -0.39 is 18.1 Å². The summed E-state index contributed by atoms with van der Waals surface area (Å²) in [5, 5.41) is 19.4. The molecule has 0 amide bonds. The van der Waals surface area contributed by atoms with E-state index in [2.05, 4.69) is 0 Å². The Labute approximate surface area is 113 Å². The summed E-state index contributed by atoms with van der Waals surface area (Å²) in [6, 6.07) is 9.23. The third kappa shape index (κ3) is 3.33. The SMILES string of the molecule is C[C@H](C(=O)O)N1CCC[C@H]1C[C@H](O)c1ccccc1. The molecule has 19 heavy (non-hydrogen) atoms. The summed E-state index contributed by atoms with van der Waals surface area (Å²) in [5.41, 5.74) is 0.900. The molecule has 1 aromatic rings. The zero-order valence-corrected chi connectivity index (χ0v) is 11.2. The molecule has 1 aliphatic heterocycles. The fourth-order valence-electron chi connectivity index (χ4n) is 2.83.